The fraction of sp³-hybridized carbons (Fsp3) is 0.200. The van der Waals surface area contributed by atoms with Crippen molar-refractivity contribution in [2.24, 2.45) is 0 Å². The van der Waals surface area contributed by atoms with Crippen molar-refractivity contribution < 1.29 is 9.59 Å². The lowest BCUT2D eigenvalue weighted by atomic mass is 10.0. The molecule has 148 valence electrons. The van der Waals surface area contributed by atoms with Gasteiger partial charge in [0.15, 0.2) is 0 Å². The van der Waals surface area contributed by atoms with Crippen LogP contribution in [0, 0.1) is 0 Å². The van der Waals surface area contributed by atoms with Crippen LogP contribution in [-0.4, -0.2) is 17.4 Å². The van der Waals surface area contributed by atoms with E-state index < -0.39 is 0 Å². The number of carbonyl (C=O) groups is 2. The zero-order valence-electron chi connectivity index (χ0n) is 17.0. The summed E-state index contributed by atoms with van der Waals surface area (Å²) in [5.74, 6) is -0.367. The van der Waals surface area contributed by atoms with E-state index in [9.17, 15) is 9.59 Å². The van der Waals surface area contributed by atoms with Crippen molar-refractivity contribution in [3.63, 3.8) is 0 Å². The molecule has 0 aliphatic heterocycles. The molecule has 2 N–H and O–H groups in total. The lowest BCUT2D eigenvalue weighted by molar-refractivity contribution is -0.115. The normalized spacial score (nSPS) is 11.0. The Balaban J connectivity index is 1.68. The van der Waals surface area contributed by atoms with E-state index in [0.717, 1.165) is 16.7 Å². The molecular formula is C25H26N2O2. The Kier molecular flexibility index (Phi) is 6.13. The van der Waals surface area contributed by atoms with Crippen molar-refractivity contribution in [3.05, 3.63) is 90.0 Å². The minimum atomic E-state index is -0.352. The summed E-state index contributed by atoms with van der Waals surface area (Å²) in [5.41, 5.74) is 3.78. The number of rotatable bonds is 5. The summed E-state index contributed by atoms with van der Waals surface area (Å²) in [5, 5.41) is 5.80. The highest BCUT2D eigenvalue weighted by Gasteiger charge is 2.18. The van der Waals surface area contributed by atoms with Gasteiger partial charge in [-0.1, -0.05) is 66.7 Å². The zero-order chi connectivity index (χ0) is 20.9. The van der Waals surface area contributed by atoms with Gasteiger partial charge in [-0.05, 0) is 49.6 Å². The molecule has 0 radical (unpaired) electrons. The molecule has 2 amide bonds. The zero-order valence-corrected chi connectivity index (χ0v) is 17.0. The highest BCUT2D eigenvalue weighted by atomic mass is 16.2. The summed E-state index contributed by atoms with van der Waals surface area (Å²) in [6.07, 6.45) is 0.240. The maximum absolute atomic E-state index is 12.6. The number of carbonyl (C=O) groups excluding carboxylic acids is 2. The van der Waals surface area contributed by atoms with Crippen molar-refractivity contribution in [2.45, 2.75) is 32.7 Å². The van der Waals surface area contributed by atoms with Crippen LogP contribution in [0.25, 0.3) is 11.1 Å². The van der Waals surface area contributed by atoms with Crippen LogP contribution >= 0.6 is 0 Å². The van der Waals surface area contributed by atoms with Gasteiger partial charge in [-0.15, -0.1) is 0 Å². The van der Waals surface area contributed by atoms with Crippen LogP contribution < -0.4 is 10.6 Å². The molecule has 0 aliphatic rings. The topological polar surface area (TPSA) is 58.2 Å². The van der Waals surface area contributed by atoms with Crippen molar-refractivity contribution in [2.75, 3.05) is 5.32 Å². The summed E-state index contributed by atoms with van der Waals surface area (Å²) < 4.78 is 0. The lowest BCUT2D eigenvalue weighted by Crippen LogP contribution is -2.40. The van der Waals surface area contributed by atoms with Crippen molar-refractivity contribution >= 4 is 17.5 Å². The Morgan fingerprint density at radius 2 is 1.34 bits per heavy atom. The molecule has 0 saturated carbocycles. The first-order chi connectivity index (χ1) is 13.8. The summed E-state index contributed by atoms with van der Waals surface area (Å²) in [4.78, 5) is 25.1. The molecule has 0 unspecified atom stereocenters. The first kappa shape index (κ1) is 20.3. The van der Waals surface area contributed by atoms with Crippen LogP contribution in [0.3, 0.4) is 0 Å². The molecule has 0 aliphatic carbocycles. The Morgan fingerprint density at radius 3 is 2.00 bits per heavy atom. The van der Waals surface area contributed by atoms with Gasteiger partial charge in [-0.2, -0.15) is 0 Å². The fourth-order valence-corrected chi connectivity index (χ4v) is 3.02. The lowest BCUT2D eigenvalue weighted by Gasteiger charge is -2.21. The molecule has 0 heterocycles. The molecule has 0 atom stereocenters. The second-order valence-electron chi connectivity index (χ2n) is 8.04. The predicted octanol–water partition coefficient (Wildman–Crippen LogP) is 5.06. The van der Waals surface area contributed by atoms with Gasteiger partial charge >= 0.3 is 0 Å². The molecule has 0 spiro atoms. The Morgan fingerprint density at radius 1 is 0.759 bits per heavy atom. The minimum absolute atomic E-state index is 0.159. The van der Waals surface area contributed by atoms with Gasteiger partial charge < -0.3 is 10.6 Å². The number of para-hydroxylation sites is 1. The number of nitrogens with one attached hydrogen (secondary N) is 2. The van der Waals surface area contributed by atoms with Crippen LogP contribution in [0.5, 0.6) is 0 Å². The van der Waals surface area contributed by atoms with E-state index in [1.165, 1.54) is 0 Å². The minimum Gasteiger partial charge on any atom is -0.347 e. The molecule has 4 nitrogen and oxygen atoms in total. The highest BCUT2D eigenvalue weighted by molar-refractivity contribution is 6.04. The average Bonchev–Trinajstić information content (AvgIpc) is 2.68. The third kappa shape index (κ3) is 5.79. The number of hydrogen-bond donors (Lipinski definition) is 2. The van der Waals surface area contributed by atoms with Crippen molar-refractivity contribution in [3.8, 4) is 11.1 Å². The standard InChI is InChI=1S/C25H26N2O2/c1-25(2,3)27-24(29)21-11-7-8-12-22(21)26-23(28)17-18-13-15-20(16-14-18)19-9-5-4-6-10-19/h4-16H,17H2,1-3H3,(H,26,28)(H,27,29). The Hall–Kier alpha value is -3.40. The molecule has 3 rings (SSSR count). The molecule has 0 aromatic heterocycles. The molecule has 3 aromatic carbocycles. The second-order valence-corrected chi connectivity index (χ2v) is 8.04. The average molecular weight is 386 g/mol. The number of hydrogen-bond acceptors (Lipinski definition) is 2. The maximum Gasteiger partial charge on any atom is 0.253 e. The summed E-state index contributed by atoms with van der Waals surface area (Å²) >= 11 is 0. The van der Waals surface area contributed by atoms with E-state index in [1.54, 1.807) is 24.3 Å². The van der Waals surface area contributed by atoms with Crippen LogP contribution in [0.4, 0.5) is 5.69 Å². The quantitative estimate of drug-likeness (QED) is 0.644. The number of anilines is 1. The molecule has 29 heavy (non-hydrogen) atoms. The fourth-order valence-electron chi connectivity index (χ4n) is 3.02. The molecular weight excluding hydrogens is 360 g/mol. The van der Waals surface area contributed by atoms with Gasteiger partial charge in [0.2, 0.25) is 5.91 Å². The molecule has 0 bridgehead atoms. The first-order valence-corrected chi connectivity index (χ1v) is 9.67. The summed E-state index contributed by atoms with van der Waals surface area (Å²) in [6, 6.07) is 25.1. The molecule has 4 heteroatoms. The molecule has 0 fully saturated rings. The largest absolute Gasteiger partial charge is 0.347 e. The van der Waals surface area contributed by atoms with Gasteiger partial charge in [0, 0.05) is 5.54 Å². The Labute approximate surface area is 172 Å². The third-order valence-electron chi connectivity index (χ3n) is 4.36. The van der Waals surface area contributed by atoms with Crippen LogP contribution in [-0.2, 0) is 11.2 Å². The Bertz CT molecular complexity index is 987. The van der Waals surface area contributed by atoms with Gasteiger partial charge in [0.25, 0.3) is 5.91 Å². The highest BCUT2D eigenvalue weighted by Crippen LogP contribution is 2.20. The molecule has 0 saturated heterocycles. The van der Waals surface area contributed by atoms with E-state index in [4.69, 9.17) is 0 Å². The van der Waals surface area contributed by atoms with Crippen LogP contribution in [0.15, 0.2) is 78.9 Å². The van der Waals surface area contributed by atoms with E-state index >= 15 is 0 Å². The summed E-state index contributed by atoms with van der Waals surface area (Å²) in [6.45, 7) is 5.77. The van der Waals surface area contributed by atoms with E-state index in [1.807, 2.05) is 63.2 Å². The third-order valence-corrected chi connectivity index (χ3v) is 4.36. The van der Waals surface area contributed by atoms with Crippen molar-refractivity contribution in [1.29, 1.82) is 0 Å². The predicted molar refractivity (Wildman–Crippen MR) is 118 cm³/mol. The van der Waals surface area contributed by atoms with Crippen molar-refractivity contribution in [1.82, 2.24) is 5.32 Å². The second kappa shape index (κ2) is 8.74. The van der Waals surface area contributed by atoms with Gasteiger partial charge in [0.05, 0.1) is 17.7 Å². The monoisotopic (exact) mass is 386 g/mol. The first-order valence-electron chi connectivity index (χ1n) is 9.67. The number of benzene rings is 3. The molecule has 3 aromatic rings. The number of amides is 2. The van der Waals surface area contributed by atoms with Gasteiger partial charge in [0.1, 0.15) is 0 Å². The van der Waals surface area contributed by atoms with E-state index in [-0.39, 0.29) is 23.8 Å². The van der Waals surface area contributed by atoms with E-state index in [0.29, 0.717) is 11.3 Å². The smallest absolute Gasteiger partial charge is 0.253 e. The van der Waals surface area contributed by atoms with Crippen LogP contribution in [0.1, 0.15) is 36.7 Å². The van der Waals surface area contributed by atoms with Gasteiger partial charge in [-0.3, -0.25) is 9.59 Å². The van der Waals surface area contributed by atoms with Crippen LogP contribution in [0.2, 0.25) is 0 Å². The maximum atomic E-state index is 12.6. The SMILES string of the molecule is CC(C)(C)NC(=O)c1ccccc1NC(=O)Cc1ccc(-c2ccccc2)cc1. The van der Waals surface area contributed by atoms with Gasteiger partial charge in [-0.25, -0.2) is 0 Å². The summed E-state index contributed by atoms with van der Waals surface area (Å²) in [7, 11) is 0. The van der Waals surface area contributed by atoms with E-state index in [2.05, 4.69) is 22.8 Å².